The van der Waals surface area contributed by atoms with Crippen LogP contribution in [-0.2, 0) is 4.74 Å². The summed E-state index contributed by atoms with van der Waals surface area (Å²) in [7, 11) is 0. The zero-order valence-electron chi connectivity index (χ0n) is 16.1. The van der Waals surface area contributed by atoms with Crippen molar-refractivity contribution >= 4 is 5.78 Å². The summed E-state index contributed by atoms with van der Waals surface area (Å²) >= 11 is 0. The van der Waals surface area contributed by atoms with Gasteiger partial charge in [-0.05, 0) is 36.2 Å². The molecule has 1 aliphatic rings. The molecule has 0 spiro atoms. The Hall–Kier alpha value is -1.88. The summed E-state index contributed by atoms with van der Waals surface area (Å²) in [6.45, 7) is 5.63. The van der Waals surface area contributed by atoms with Crippen molar-refractivity contribution in [3.63, 3.8) is 0 Å². The fourth-order valence-corrected chi connectivity index (χ4v) is 3.09. The molecule has 1 heterocycles. The molecular formula is C21H26ClNO3. The topological polar surface area (TPSA) is 38.8 Å². The normalized spacial score (nSPS) is 15.7. The highest BCUT2D eigenvalue weighted by atomic mass is 35.5. The molecule has 1 aliphatic heterocycles. The van der Waals surface area contributed by atoms with Crippen LogP contribution in [0.3, 0.4) is 0 Å². The third-order valence-corrected chi connectivity index (χ3v) is 4.39. The Balaban J connectivity index is 0.00000182. The lowest BCUT2D eigenvalue weighted by Gasteiger charge is -2.33. The first-order valence-electron chi connectivity index (χ1n) is 8.93. The minimum atomic E-state index is -0.271. The molecule has 3 rings (SSSR count). The molecule has 4 nitrogen and oxygen atoms in total. The molecule has 0 aromatic heterocycles. The van der Waals surface area contributed by atoms with Gasteiger partial charge in [-0.25, -0.2) is 0 Å². The van der Waals surface area contributed by atoms with Gasteiger partial charge in [0.2, 0.25) is 0 Å². The minimum Gasteiger partial charge on any atom is -1.00 e. The molecule has 0 aliphatic carbocycles. The summed E-state index contributed by atoms with van der Waals surface area (Å²) in [5, 5.41) is 0. The number of hydrogen-bond acceptors (Lipinski definition) is 4. The first-order valence-corrected chi connectivity index (χ1v) is 8.93. The van der Waals surface area contributed by atoms with E-state index in [1.165, 1.54) is 0 Å². The number of halogens is 1. The highest BCUT2D eigenvalue weighted by molar-refractivity contribution is 6.00. The summed E-state index contributed by atoms with van der Waals surface area (Å²) in [5.74, 6) is 0.927. The highest BCUT2D eigenvalue weighted by Gasteiger charge is 2.29. The van der Waals surface area contributed by atoms with E-state index in [1.54, 1.807) is 0 Å². The Bertz CT molecular complexity index is 676. The van der Waals surface area contributed by atoms with Crippen molar-refractivity contribution in [3.8, 4) is 5.75 Å². The number of nitrogens with zero attached hydrogens (tertiary/aromatic N) is 1. The smallest absolute Gasteiger partial charge is 1.00 e. The molecule has 0 bridgehead atoms. The van der Waals surface area contributed by atoms with Crippen molar-refractivity contribution in [3.05, 3.63) is 65.7 Å². The molecule has 1 unspecified atom stereocenters. The Morgan fingerprint density at radius 1 is 1.12 bits per heavy atom. The second-order valence-corrected chi connectivity index (χ2v) is 6.20. The molecule has 0 radical (unpaired) electrons. The number of Topliss-reactive ketones (excluding diaryl/α,β-unsaturated/α-hetero) is 1. The van der Waals surface area contributed by atoms with Crippen LogP contribution in [0.4, 0.5) is 0 Å². The molecule has 2 aromatic rings. The van der Waals surface area contributed by atoms with Gasteiger partial charge in [0.15, 0.2) is 5.78 Å². The Morgan fingerprint density at radius 3 is 2.38 bits per heavy atom. The van der Waals surface area contributed by atoms with E-state index >= 15 is 0 Å². The largest absolute Gasteiger partial charge is 1.00 e. The van der Waals surface area contributed by atoms with Gasteiger partial charge < -0.3 is 21.9 Å². The summed E-state index contributed by atoms with van der Waals surface area (Å²) in [6.07, 6.45) is 0.966. The van der Waals surface area contributed by atoms with Crippen molar-refractivity contribution in [1.82, 2.24) is 4.90 Å². The van der Waals surface area contributed by atoms with Crippen LogP contribution in [0.25, 0.3) is 0 Å². The predicted molar refractivity (Wildman–Crippen MR) is 99.2 cm³/mol. The second-order valence-electron chi connectivity index (χ2n) is 6.20. The van der Waals surface area contributed by atoms with E-state index < -0.39 is 0 Å². The van der Waals surface area contributed by atoms with Crippen LogP contribution in [0.2, 0.25) is 0 Å². The van der Waals surface area contributed by atoms with E-state index in [-0.39, 0.29) is 25.7 Å². The quantitative estimate of drug-likeness (QED) is 0.672. The first-order chi connectivity index (χ1) is 12.3. The Kier molecular flexibility index (Phi) is 8.10. The molecule has 140 valence electrons. The van der Waals surface area contributed by atoms with Gasteiger partial charge in [-0.3, -0.25) is 9.69 Å². The Morgan fingerprint density at radius 2 is 1.77 bits per heavy atom. The van der Waals surface area contributed by atoms with Crippen LogP contribution in [0.5, 0.6) is 5.75 Å². The molecule has 1 fully saturated rings. The fourth-order valence-electron chi connectivity index (χ4n) is 3.09. The number of ketones is 1. The standard InChI is InChI=1S/C21H25NO3.ClH/c1-2-14-25-19-10-8-18(9-11-19)21(23)20(17-6-4-3-5-7-17)22-12-15-24-16-13-22;/h3-11,20H,2,12-16H2,1H3;1H. The van der Waals surface area contributed by atoms with Crippen molar-refractivity contribution in [2.45, 2.75) is 19.4 Å². The lowest BCUT2D eigenvalue weighted by Crippen LogP contribution is -3.00. The molecule has 2 aromatic carbocycles. The fraction of sp³-hybridized carbons (Fsp3) is 0.381. The van der Waals surface area contributed by atoms with Crippen molar-refractivity contribution in [2.24, 2.45) is 0 Å². The predicted octanol–water partition coefficient (Wildman–Crippen LogP) is 0.848. The molecule has 0 amide bonds. The number of ether oxygens (including phenoxy) is 2. The maximum atomic E-state index is 13.2. The third-order valence-electron chi connectivity index (χ3n) is 4.39. The van der Waals surface area contributed by atoms with Gasteiger partial charge in [0.1, 0.15) is 5.75 Å². The lowest BCUT2D eigenvalue weighted by molar-refractivity contribution is -0.0000263. The van der Waals surface area contributed by atoms with Crippen LogP contribution < -0.4 is 17.1 Å². The van der Waals surface area contributed by atoms with E-state index in [2.05, 4.69) is 11.8 Å². The third kappa shape index (κ3) is 5.07. The number of benzene rings is 2. The van der Waals surface area contributed by atoms with Gasteiger partial charge >= 0.3 is 1.43 Å². The van der Waals surface area contributed by atoms with Gasteiger partial charge in [0, 0.05) is 18.7 Å². The van der Waals surface area contributed by atoms with E-state index in [4.69, 9.17) is 9.47 Å². The SMILES string of the molecule is CCCOc1ccc(C(=O)C(c2ccccc2)N2CCOCC2)cc1.[Cl-].[H+]. The molecule has 0 N–H and O–H groups in total. The molecule has 5 heteroatoms. The first kappa shape index (κ1) is 20.4. The van der Waals surface area contributed by atoms with Crippen molar-refractivity contribution < 1.29 is 28.1 Å². The lowest BCUT2D eigenvalue weighted by atomic mass is 9.95. The highest BCUT2D eigenvalue weighted by Crippen LogP contribution is 2.27. The van der Waals surface area contributed by atoms with Crippen LogP contribution in [-0.4, -0.2) is 43.6 Å². The van der Waals surface area contributed by atoms with Crippen LogP contribution in [0.15, 0.2) is 54.6 Å². The van der Waals surface area contributed by atoms with Crippen LogP contribution in [0.1, 0.15) is 36.7 Å². The number of morpholine rings is 1. The van der Waals surface area contributed by atoms with Crippen LogP contribution in [0, 0.1) is 0 Å². The van der Waals surface area contributed by atoms with E-state index in [1.807, 2.05) is 54.6 Å². The zero-order chi connectivity index (χ0) is 17.5. The summed E-state index contributed by atoms with van der Waals surface area (Å²) in [5.41, 5.74) is 1.74. The molecule has 0 saturated carbocycles. The van der Waals surface area contributed by atoms with Crippen molar-refractivity contribution in [2.75, 3.05) is 32.9 Å². The van der Waals surface area contributed by atoms with Gasteiger partial charge in [-0.2, -0.15) is 0 Å². The van der Waals surface area contributed by atoms with Crippen LogP contribution >= 0.6 is 0 Å². The van der Waals surface area contributed by atoms with E-state index in [0.29, 0.717) is 25.4 Å². The Labute approximate surface area is 163 Å². The molecule has 1 saturated heterocycles. The number of hydrogen-bond donors (Lipinski definition) is 0. The van der Waals surface area contributed by atoms with Gasteiger partial charge in [0.25, 0.3) is 0 Å². The molecule has 1 atom stereocenters. The number of carbonyl (C=O) groups excluding carboxylic acids is 1. The summed E-state index contributed by atoms with van der Waals surface area (Å²) in [6, 6.07) is 17.2. The summed E-state index contributed by atoms with van der Waals surface area (Å²) in [4.78, 5) is 15.5. The zero-order valence-corrected chi connectivity index (χ0v) is 15.8. The van der Waals surface area contributed by atoms with Gasteiger partial charge in [0.05, 0.1) is 25.9 Å². The van der Waals surface area contributed by atoms with Gasteiger partial charge in [-0.1, -0.05) is 37.3 Å². The minimum absolute atomic E-state index is 0. The number of carbonyl (C=O) groups is 1. The van der Waals surface area contributed by atoms with E-state index in [0.717, 1.165) is 30.8 Å². The monoisotopic (exact) mass is 375 g/mol. The maximum absolute atomic E-state index is 13.2. The average Bonchev–Trinajstić information content (AvgIpc) is 2.68. The molecular weight excluding hydrogens is 350 g/mol. The molecule has 26 heavy (non-hydrogen) atoms. The number of rotatable bonds is 7. The van der Waals surface area contributed by atoms with Gasteiger partial charge in [-0.15, -0.1) is 0 Å². The average molecular weight is 376 g/mol. The maximum Gasteiger partial charge on any atom is 1.00 e. The summed E-state index contributed by atoms with van der Waals surface area (Å²) < 4.78 is 11.1. The van der Waals surface area contributed by atoms with Crippen molar-refractivity contribution in [1.29, 1.82) is 0 Å². The second kappa shape index (κ2) is 10.3. The van der Waals surface area contributed by atoms with E-state index in [9.17, 15) is 4.79 Å².